The van der Waals surface area contributed by atoms with E-state index in [-0.39, 0.29) is 15.1 Å². The lowest BCUT2D eigenvalue weighted by atomic mass is 10.3. The van der Waals surface area contributed by atoms with E-state index >= 15 is 0 Å². The highest BCUT2D eigenvalue weighted by molar-refractivity contribution is 9.10. The predicted octanol–water partition coefficient (Wildman–Crippen LogP) is 1.89. The SMILES string of the molecule is CCCN1CCN(S(=O)(=O)c2cc(Br)c(F)cc2N)CC1. The summed E-state index contributed by atoms with van der Waals surface area (Å²) in [4.78, 5) is 2.19. The zero-order valence-electron chi connectivity index (χ0n) is 11.8. The van der Waals surface area contributed by atoms with Gasteiger partial charge in [-0.25, -0.2) is 12.8 Å². The van der Waals surface area contributed by atoms with Gasteiger partial charge in [-0.15, -0.1) is 0 Å². The first-order valence-electron chi connectivity index (χ1n) is 6.83. The third kappa shape index (κ3) is 3.56. The summed E-state index contributed by atoms with van der Waals surface area (Å²) >= 11 is 3.01. The molecule has 0 radical (unpaired) electrons. The van der Waals surface area contributed by atoms with E-state index in [0.717, 1.165) is 19.0 Å². The van der Waals surface area contributed by atoms with Crippen molar-refractivity contribution in [3.63, 3.8) is 0 Å². The van der Waals surface area contributed by atoms with Crippen molar-refractivity contribution in [3.05, 3.63) is 22.4 Å². The van der Waals surface area contributed by atoms with Crippen molar-refractivity contribution in [2.75, 3.05) is 38.5 Å². The zero-order chi connectivity index (χ0) is 15.6. The summed E-state index contributed by atoms with van der Waals surface area (Å²) < 4.78 is 40.1. The Bertz CT molecular complexity index is 616. The van der Waals surface area contributed by atoms with Crippen LogP contribution in [0.5, 0.6) is 0 Å². The molecule has 2 rings (SSSR count). The molecule has 1 aromatic rings. The van der Waals surface area contributed by atoms with E-state index in [1.165, 1.54) is 10.4 Å². The average Bonchev–Trinajstić information content (AvgIpc) is 2.43. The summed E-state index contributed by atoms with van der Waals surface area (Å²) in [6.45, 7) is 5.33. The van der Waals surface area contributed by atoms with E-state index in [1.807, 2.05) is 0 Å². The van der Waals surface area contributed by atoms with Crippen molar-refractivity contribution in [2.45, 2.75) is 18.2 Å². The maximum absolute atomic E-state index is 13.4. The maximum Gasteiger partial charge on any atom is 0.245 e. The molecule has 2 N–H and O–H groups in total. The van der Waals surface area contributed by atoms with Crippen molar-refractivity contribution < 1.29 is 12.8 Å². The Labute approximate surface area is 133 Å². The van der Waals surface area contributed by atoms with Gasteiger partial charge in [0.1, 0.15) is 10.7 Å². The number of hydrogen-bond acceptors (Lipinski definition) is 4. The van der Waals surface area contributed by atoms with Gasteiger partial charge in [-0.3, -0.25) is 0 Å². The van der Waals surface area contributed by atoms with Gasteiger partial charge in [-0.1, -0.05) is 6.92 Å². The lowest BCUT2D eigenvalue weighted by Crippen LogP contribution is -2.48. The van der Waals surface area contributed by atoms with E-state index < -0.39 is 15.8 Å². The molecular weight excluding hydrogens is 361 g/mol. The summed E-state index contributed by atoms with van der Waals surface area (Å²) in [5.74, 6) is -0.570. The predicted molar refractivity (Wildman–Crippen MR) is 84.0 cm³/mol. The third-order valence-electron chi connectivity index (χ3n) is 3.54. The highest BCUT2D eigenvalue weighted by Crippen LogP contribution is 2.28. The molecule has 0 unspecified atom stereocenters. The van der Waals surface area contributed by atoms with Crippen LogP contribution in [-0.2, 0) is 10.0 Å². The molecule has 1 aliphatic rings. The molecule has 1 heterocycles. The van der Waals surface area contributed by atoms with Gasteiger partial charge in [0.25, 0.3) is 0 Å². The summed E-state index contributed by atoms with van der Waals surface area (Å²) in [5, 5.41) is 0. The largest absolute Gasteiger partial charge is 0.398 e. The summed E-state index contributed by atoms with van der Waals surface area (Å²) in [5.41, 5.74) is 5.62. The number of nitrogen functional groups attached to an aromatic ring is 1. The van der Waals surface area contributed by atoms with Crippen LogP contribution in [0.3, 0.4) is 0 Å². The minimum absolute atomic E-state index is 0.0419. The van der Waals surface area contributed by atoms with Gasteiger partial charge >= 0.3 is 0 Å². The molecular formula is C13H19BrFN3O2S. The smallest absolute Gasteiger partial charge is 0.245 e. The molecule has 0 aliphatic carbocycles. The quantitative estimate of drug-likeness (QED) is 0.811. The number of hydrogen-bond donors (Lipinski definition) is 1. The molecule has 1 saturated heterocycles. The van der Waals surface area contributed by atoms with Crippen molar-refractivity contribution in [1.82, 2.24) is 9.21 Å². The third-order valence-corrected chi connectivity index (χ3v) is 6.10. The second-order valence-corrected chi connectivity index (χ2v) is 7.81. The van der Waals surface area contributed by atoms with E-state index in [9.17, 15) is 12.8 Å². The number of nitrogens with two attached hydrogens (primary N) is 1. The van der Waals surface area contributed by atoms with Crippen LogP contribution in [0.4, 0.5) is 10.1 Å². The lowest BCUT2D eigenvalue weighted by molar-refractivity contribution is 0.188. The first-order chi connectivity index (χ1) is 9.86. The van der Waals surface area contributed by atoms with Gasteiger partial charge in [0, 0.05) is 26.2 Å². The van der Waals surface area contributed by atoms with Crippen molar-refractivity contribution >= 4 is 31.6 Å². The number of halogens is 2. The van der Waals surface area contributed by atoms with Crippen LogP contribution in [0.15, 0.2) is 21.5 Å². The summed E-state index contributed by atoms with van der Waals surface area (Å²) in [6.07, 6.45) is 1.05. The van der Waals surface area contributed by atoms with Crippen LogP contribution in [0.25, 0.3) is 0 Å². The number of rotatable bonds is 4. The monoisotopic (exact) mass is 379 g/mol. The zero-order valence-corrected chi connectivity index (χ0v) is 14.3. The maximum atomic E-state index is 13.4. The molecule has 0 atom stereocenters. The summed E-state index contributed by atoms with van der Waals surface area (Å²) in [6, 6.07) is 2.27. The Morgan fingerprint density at radius 1 is 1.29 bits per heavy atom. The second-order valence-electron chi connectivity index (χ2n) is 5.05. The van der Waals surface area contributed by atoms with Gasteiger partial charge in [-0.05, 0) is 41.0 Å². The van der Waals surface area contributed by atoms with E-state index in [0.29, 0.717) is 26.2 Å². The number of nitrogens with zero attached hydrogens (tertiary/aromatic N) is 2. The first-order valence-corrected chi connectivity index (χ1v) is 9.06. The van der Waals surface area contributed by atoms with Gasteiger partial charge in [0.05, 0.1) is 10.2 Å². The summed E-state index contributed by atoms with van der Waals surface area (Å²) in [7, 11) is -3.69. The van der Waals surface area contributed by atoms with Gasteiger partial charge in [-0.2, -0.15) is 4.31 Å². The molecule has 0 saturated carbocycles. The molecule has 21 heavy (non-hydrogen) atoms. The second kappa shape index (κ2) is 6.60. The van der Waals surface area contributed by atoms with Crippen molar-refractivity contribution in [2.24, 2.45) is 0 Å². The highest BCUT2D eigenvalue weighted by atomic mass is 79.9. The molecule has 8 heteroatoms. The number of sulfonamides is 1. The van der Waals surface area contributed by atoms with E-state index in [2.05, 4.69) is 27.8 Å². The fraction of sp³-hybridized carbons (Fsp3) is 0.538. The Balaban J connectivity index is 2.22. The van der Waals surface area contributed by atoms with Crippen LogP contribution in [-0.4, -0.2) is 50.3 Å². The molecule has 0 aromatic heterocycles. The van der Waals surface area contributed by atoms with Crippen molar-refractivity contribution in [1.29, 1.82) is 0 Å². The molecule has 5 nitrogen and oxygen atoms in total. The normalized spacial score (nSPS) is 18.0. The minimum Gasteiger partial charge on any atom is -0.398 e. The fourth-order valence-corrected chi connectivity index (χ4v) is 4.46. The molecule has 1 fully saturated rings. The van der Waals surface area contributed by atoms with Gasteiger partial charge in [0.2, 0.25) is 10.0 Å². The highest BCUT2D eigenvalue weighted by Gasteiger charge is 2.30. The Morgan fingerprint density at radius 2 is 1.90 bits per heavy atom. The molecule has 1 aromatic carbocycles. The topological polar surface area (TPSA) is 66.6 Å². The number of benzene rings is 1. The van der Waals surface area contributed by atoms with Crippen LogP contribution in [0, 0.1) is 5.82 Å². The molecule has 0 amide bonds. The number of anilines is 1. The van der Waals surface area contributed by atoms with Gasteiger partial charge in [0.15, 0.2) is 0 Å². The van der Waals surface area contributed by atoms with E-state index in [1.54, 1.807) is 0 Å². The van der Waals surface area contributed by atoms with Crippen LogP contribution >= 0.6 is 15.9 Å². The van der Waals surface area contributed by atoms with Crippen molar-refractivity contribution in [3.8, 4) is 0 Å². The molecule has 0 spiro atoms. The number of piperazine rings is 1. The fourth-order valence-electron chi connectivity index (χ4n) is 2.42. The minimum atomic E-state index is -3.69. The van der Waals surface area contributed by atoms with Crippen LogP contribution < -0.4 is 5.73 Å². The van der Waals surface area contributed by atoms with Crippen LogP contribution in [0.1, 0.15) is 13.3 Å². The standard InChI is InChI=1S/C13H19BrFN3O2S/c1-2-3-17-4-6-18(7-5-17)21(19,20)13-8-10(14)11(15)9-12(13)16/h8-9H,2-7,16H2,1H3. The molecule has 118 valence electrons. The first kappa shape index (κ1) is 16.7. The van der Waals surface area contributed by atoms with Crippen LogP contribution in [0.2, 0.25) is 0 Å². The Hall–Kier alpha value is -0.700. The lowest BCUT2D eigenvalue weighted by Gasteiger charge is -2.34. The Kier molecular flexibility index (Phi) is 5.24. The molecule has 0 bridgehead atoms. The van der Waals surface area contributed by atoms with E-state index in [4.69, 9.17) is 5.73 Å². The molecule has 1 aliphatic heterocycles. The average molecular weight is 380 g/mol. The Morgan fingerprint density at radius 3 is 2.48 bits per heavy atom. The van der Waals surface area contributed by atoms with Gasteiger partial charge < -0.3 is 10.6 Å².